The molecule has 0 amide bonds. The number of sulfonamides is 1. The summed E-state index contributed by atoms with van der Waals surface area (Å²) in [6.45, 7) is 3.22. The normalized spacial score (nSPS) is 16.1. The van der Waals surface area contributed by atoms with E-state index >= 15 is 0 Å². The van der Waals surface area contributed by atoms with Gasteiger partial charge in [-0.2, -0.15) is 0 Å². The van der Waals surface area contributed by atoms with Gasteiger partial charge in [0.15, 0.2) is 0 Å². The standard InChI is InChI=1S/C20H27N3O4S/c1-26-18-5-6-20(19(12-18)27-2)28(24,25)22-14-16-7-10-23(11-8-16)15-17-4-3-9-21-13-17/h3-6,9,12-13,16,22H,7-8,10-11,14-15H2,1-2H3. The summed E-state index contributed by atoms with van der Waals surface area (Å²) in [6.07, 6.45) is 5.59. The van der Waals surface area contributed by atoms with Crippen LogP contribution in [-0.2, 0) is 16.6 Å². The van der Waals surface area contributed by atoms with Crippen molar-refractivity contribution in [2.24, 2.45) is 5.92 Å². The number of hydrogen-bond acceptors (Lipinski definition) is 6. The fourth-order valence-corrected chi connectivity index (χ4v) is 4.67. The molecular formula is C20H27N3O4S. The summed E-state index contributed by atoms with van der Waals surface area (Å²) in [5, 5.41) is 0. The van der Waals surface area contributed by atoms with Crippen LogP contribution in [-0.4, -0.2) is 52.2 Å². The number of aromatic nitrogens is 1. The Morgan fingerprint density at radius 1 is 1.18 bits per heavy atom. The van der Waals surface area contributed by atoms with Gasteiger partial charge in [0.1, 0.15) is 16.4 Å². The fraction of sp³-hybridized carbons (Fsp3) is 0.450. The number of rotatable bonds is 8. The highest BCUT2D eigenvalue weighted by molar-refractivity contribution is 7.89. The van der Waals surface area contributed by atoms with E-state index in [1.807, 2.05) is 12.3 Å². The highest BCUT2D eigenvalue weighted by Gasteiger charge is 2.24. The Balaban J connectivity index is 1.53. The molecule has 1 aliphatic rings. The molecule has 0 radical (unpaired) electrons. The topological polar surface area (TPSA) is 80.8 Å². The van der Waals surface area contributed by atoms with E-state index in [4.69, 9.17) is 9.47 Å². The Bertz CT molecular complexity index is 866. The molecule has 3 rings (SSSR count). The van der Waals surface area contributed by atoms with E-state index in [0.717, 1.165) is 32.5 Å². The summed E-state index contributed by atoms with van der Waals surface area (Å²) in [5.41, 5.74) is 1.20. The number of nitrogens with zero attached hydrogens (tertiary/aromatic N) is 2. The lowest BCUT2D eigenvalue weighted by Crippen LogP contribution is -2.38. The molecule has 2 aromatic rings. The minimum atomic E-state index is -3.64. The van der Waals surface area contributed by atoms with E-state index in [1.165, 1.54) is 25.8 Å². The molecule has 0 atom stereocenters. The van der Waals surface area contributed by atoms with Crippen LogP contribution in [0.25, 0.3) is 0 Å². The smallest absolute Gasteiger partial charge is 0.244 e. The Morgan fingerprint density at radius 2 is 1.96 bits per heavy atom. The summed E-state index contributed by atoms with van der Waals surface area (Å²) in [5.74, 6) is 1.15. The number of methoxy groups -OCH3 is 2. The molecule has 1 aromatic carbocycles. The number of piperidine rings is 1. The SMILES string of the molecule is COc1ccc(S(=O)(=O)NCC2CCN(Cc3cccnc3)CC2)c(OC)c1. The molecule has 0 aliphatic carbocycles. The van der Waals surface area contributed by atoms with Crippen molar-refractivity contribution < 1.29 is 17.9 Å². The maximum absolute atomic E-state index is 12.7. The third-order valence-electron chi connectivity index (χ3n) is 5.06. The molecule has 28 heavy (non-hydrogen) atoms. The van der Waals surface area contributed by atoms with E-state index in [2.05, 4.69) is 20.7 Å². The highest BCUT2D eigenvalue weighted by Crippen LogP contribution is 2.28. The zero-order valence-corrected chi connectivity index (χ0v) is 17.1. The molecule has 0 spiro atoms. The van der Waals surface area contributed by atoms with Crippen LogP contribution in [0.1, 0.15) is 18.4 Å². The van der Waals surface area contributed by atoms with E-state index in [9.17, 15) is 8.42 Å². The summed E-state index contributed by atoms with van der Waals surface area (Å²) >= 11 is 0. The van der Waals surface area contributed by atoms with Crippen LogP contribution in [0.15, 0.2) is 47.6 Å². The molecule has 1 saturated heterocycles. The van der Waals surface area contributed by atoms with Gasteiger partial charge in [0.2, 0.25) is 10.0 Å². The van der Waals surface area contributed by atoms with Gasteiger partial charge in [-0.1, -0.05) is 6.07 Å². The minimum absolute atomic E-state index is 0.129. The maximum atomic E-state index is 12.7. The Kier molecular flexibility index (Phi) is 6.88. The molecule has 0 saturated carbocycles. The van der Waals surface area contributed by atoms with E-state index in [0.29, 0.717) is 18.2 Å². The number of ether oxygens (including phenoxy) is 2. The molecule has 7 nitrogen and oxygen atoms in total. The number of benzene rings is 1. The molecule has 1 aliphatic heterocycles. The summed E-state index contributed by atoms with van der Waals surface area (Å²) in [4.78, 5) is 6.67. The second kappa shape index (κ2) is 9.36. The van der Waals surface area contributed by atoms with Gasteiger partial charge in [0, 0.05) is 31.5 Å². The van der Waals surface area contributed by atoms with Crippen LogP contribution in [0.5, 0.6) is 11.5 Å². The monoisotopic (exact) mass is 405 g/mol. The zero-order valence-electron chi connectivity index (χ0n) is 16.3. The van der Waals surface area contributed by atoms with E-state index in [1.54, 1.807) is 18.3 Å². The van der Waals surface area contributed by atoms with Crippen molar-refractivity contribution in [1.29, 1.82) is 0 Å². The van der Waals surface area contributed by atoms with Crippen LogP contribution in [0.4, 0.5) is 0 Å². The number of pyridine rings is 1. The van der Waals surface area contributed by atoms with Gasteiger partial charge in [0.05, 0.1) is 14.2 Å². The van der Waals surface area contributed by atoms with Gasteiger partial charge >= 0.3 is 0 Å². The van der Waals surface area contributed by atoms with Crippen molar-refractivity contribution in [2.75, 3.05) is 33.9 Å². The number of hydrogen-bond donors (Lipinski definition) is 1. The lowest BCUT2D eigenvalue weighted by molar-refractivity contribution is 0.178. The first kappa shape index (κ1) is 20.6. The molecule has 8 heteroatoms. The van der Waals surface area contributed by atoms with Crippen molar-refractivity contribution in [1.82, 2.24) is 14.6 Å². The van der Waals surface area contributed by atoms with Crippen molar-refractivity contribution in [3.63, 3.8) is 0 Å². The Hall–Kier alpha value is -2.16. The van der Waals surface area contributed by atoms with Gasteiger partial charge in [-0.25, -0.2) is 13.1 Å². The summed E-state index contributed by atoms with van der Waals surface area (Å²) < 4.78 is 38.5. The van der Waals surface area contributed by atoms with Crippen LogP contribution < -0.4 is 14.2 Å². The fourth-order valence-electron chi connectivity index (χ4n) is 3.40. The lowest BCUT2D eigenvalue weighted by Gasteiger charge is -2.32. The highest BCUT2D eigenvalue weighted by atomic mass is 32.2. The van der Waals surface area contributed by atoms with Gasteiger partial charge < -0.3 is 9.47 Å². The largest absolute Gasteiger partial charge is 0.497 e. The Labute approximate surface area is 166 Å². The molecule has 1 fully saturated rings. The first-order valence-electron chi connectivity index (χ1n) is 9.35. The van der Waals surface area contributed by atoms with E-state index in [-0.39, 0.29) is 10.6 Å². The van der Waals surface area contributed by atoms with Crippen molar-refractivity contribution in [3.8, 4) is 11.5 Å². The molecule has 0 unspecified atom stereocenters. The Morgan fingerprint density at radius 3 is 2.61 bits per heavy atom. The molecule has 0 bridgehead atoms. The first-order valence-corrected chi connectivity index (χ1v) is 10.8. The maximum Gasteiger partial charge on any atom is 0.244 e. The zero-order chi connectivity index (χ0) is 20.0. The summed E-state index contributed by atoms with van der Waals surface area (Å²) in [7, 11) is -0.662. The second-order valence-corrected chi connectivity index (χ2v) is 8.68. The van der Waals surface area contributed by atoms with Gasteiger partial charge in [-0.15, -0.1) is 0 Å². The van der Waals surface area contributed by atoms with Crippen molar-refractivity contribution in [3.05, 3.63) is 48.3 Å². The second-order valence-electron chi connectivity index (χ2n) is 6.95. The quantitative estimate of drug-likeness (QED) is 0.726. The van der Waals surface area contributed by atoms with Crippen molar-refractivity contribution >= 4 is 10.0 Å². The molecular weight excluding hydrogens is 378 g/mol. The minimum Gasteiger partial charge on any atom is -0.497 e. The van der Waals surface area contributed by atoms with Gasteiger partial charge in [-0.05, 0) is 55.6 Å². The molecule has 2 heterocycles. The number of likely N-dealkylation sites (tertiary alicyclic amines) is 1. The number of nitrogens with one attached hydrogen (secondary N) is 1. The van der Waals surface area contributed by atoms with Crippen LogP contribution in [0.2, 0.25) is 0 Å². The van der Waals surface area contributed by atoms with E-state index < -0.39 is 10.0 Å². The van der Waals surface area contributed by atoms with Crippen LogP contribution in [0, 0.1) is 5.92 Å². The molecule has 152 valence electrons. The average molecular weight is 406 g/mol. The first-order chi connectivity index (χ1) is 13.5. The lowest BCUT2D eigenvalue weighted by atomic mass is 9.97. The predicted molar refractivity (Wildman–Crippen MR) is 107 cm³/mol. The van der Waals surface area contributed by atoms with Crippen LogP contribution >= 0.6 is 0 Å². The third kappa shape index (κ3) is 5.21. The summed E-state index contributed by atoms with van der Waals surface area (Å²) in [6, 6.07) is 8.73. The third-order valence-corrected chi connectivity index (χ3v) is 6.52. The predicted octanol–water partition coefficient (Wildman–Crippen LogP) is 2.29. The average Bonchev–Trinajstić information content (AvgIpc) is 2.73. The van der Waals surface area contributed by atoms with Gasteiger partial charge in [-0.3, -0.25) is 9.88 Å². The van der Waals surface area contributed by atoms with Gasteiger partial charge in [0.25, 0.3) is 0 Å². The molecule has 1 N–H and O–H groups in total. The molecule has 1 aromatic heterocycles. The van der Waals surface area contributed by atoms with Crippen molar-refractivity contribution in [2.45, 2.75) is 24.3 Å². The van der Waals surface area contributed by atoms with Crippen LogP contribution in [0.3, 0.4) is 0 Å².